The van der Waals surface area contributed by atoms with Crippen LogP contribution in [-0.4, -0.2) is 53.2 Å². The van der Waals surface area contributed by atoms with E-state index in [4.69, 9.17) is 0 Å². The van der Waals surface area contributed by atoms with Gasteiger partial charge in [-0.2, -0.15) is 10.6 Å². The molecule has 2 heterocycles. The summed E-state index contributed by atoms with van der Waals surface area (Å²) in [4.78, 5) is 15.9. The van der Waals surface area contributed by atoms with Crippen LogP contribution in [0.2, 0.25) is 0 Å². The van der Waals surface area contributed by atoms with Gasteiger partial charge in [-0.25, -0.2) is 8.42 Å². The van der Waals surface area contributed by atoms with E-state index < -0.39 is 31.6 Å². The van der Waals surface area contributed by atoms with Gasteiger partial charge in [0, 0.05) is 36.8 Å². The third kappa shape index (κ3) is 4.74. The predicted octanol–water partition coefficient (Wildman–Crippen LogP) is 4.33. The van der Waals surface area contributed by atoms with Gasteiger partial charge in [0.2, 0.25) is 0 Å². The minimum absolute atomic E-state index is 0.0759. The van der Waals surface area contributed by atoms with Gasteiger partial charge in [0.25, 0.3) is 5.91 Å². The fourth-order valence-corrected chi connectivity index (χ4v) is 9.42. The summed E-state index contributed by atoms with van der Waals surface area (Å²) in [7, 11) is -7.28. The zero-order chi connectivity index (χ0) is 24.6. The van der Waals surface area contributed by atoms with Crippen molar-refractivity contribution in [2.75, 3.05) is 18.8 Å². The number of hydrogen-bond acceptors (Lipinski definition) is 6. The number of hydrogen-bond donors (Lipinski definition) is 3. The summed E-state index contributed by atoms with van der Waals surface area (Å²) in [6, 6.07) is 22.7. The number of nitrogens with one attached hydrogen (secondary N) is 1. The lowest BCUT2D eigenvalue weighted by Gasteiger charge is -2.27. The van der Waals surface area contributed by atoms with Crippen LogP contribution in [0.3, 0.4) is 0 Å². The van der Waals surface area contributed by atoms with Gasteiger partial charge in [0.05, 0.1) is 15.5 Å². The number of nitrogens with zero attached hydrogens (tertiary/aromatic N) is 1. The van der Waals surface area contributed by atoms with Crippen LogP contribution < -0.4 is 5.32 Å². The molecule has 184 valence electrons. The first kappa shape index (κ1) is 24.0. The van der Waals surface area contributed by atoms with Gasteiger partial charge in [-0.3, -0.25) is 18.8 Å². The summed E-state index contributed by atoms with van der Waals surface area (Å²) in [5, 5.41) is 1.85. The van der Waals surface area contributed by atoms with Gasteiger partial charge in [0.1, 0.15) is 5.25 Å². The molecule has 1 saturated heterocycles. The molecule has 1 amide bonds. The number of benzene rings is 3. The lowest BCUT2D eigenvalue weighted by Crippen LogP contribution is -2.37. The molecule has 7 nitrogen and oxygen atoms in total. The van der Waals surface area contributed by atoms with Gasteiger partial charge >= 0.3 is 0 Å². The van der Waals surface area contributed by atoms with Crippen molar-refractivity contribution in [1.82, 2.24) is 10.2 Å². The van der Waals surface area contributed by atoms with Crippen molar-refractivity contribution < 1.29 is 22.3 Å². The lowest BCUT2D eigenvalue weighted by molar-refractivity contribution is 0.0936. The number of rotatable bonds is 6. The molecule has 2 aliphatic heterocycles. The molecular formula is C26H28N2O5S2. The van der Waals surface area contributed by atoms with Gasteiger partial charge < -0.3 is 5.32 Å². The Balaban J connectivity index is 1.39. The first-order chi connectivity index (χ1) is 16.8. The molecule has 3 aromatic carbocycles. The van der Waals surface area contributed by atoms with Crippen molar-refractivity contribution in [3.8, 4) is 0 Å². The first-order valence-electron chi connectivity index (χ1n) is 11.5. The topological polar surface area (TPSA) is 107 Å². The van der Waals surface area contributed by atoms with E-state index in [9.17, 15) is 22.3 Å². The van der Waals surface area contributed by atoms with Crippen molar-refractivity contribution >= 4 is 26.3 Å². The summed E-state index contributed by atoms with van der Waals surface area (Å²) >= 11 is 0. The van der Waals surface area contributed by atoms with Gasteiger partial charge in [-0.1, -0.05) is 54.6 Å². The van der Waals surface area contributed by atoms with E-state index in [1.54, 1.807) is 30.3 Å². The molecule has 0 saturated carbocycles. The minimum Gasteiger partial charge on any atom is -0.348 e. The van der Waals surface area contributed by atoms with Crippen molar-refractivity contribution in [2.24, 2.45) is 0 Å². The minimum atomic E-state index is -3.94. The zero-order valence-electron chi connectivity index (χ0n) is 19.1. The first-order valence-corrected chi connectivity index (χ1v) is 14.8. The van der Waals surface area contributed by atoms with E-state index in [0.717, 1.165) is 19.5 Å². The van der Waals surface area contributed by atoms with E-state index in [2.05, 4.69) is 22.3 Å². The quantitative estimate of drug-likeness (QED) is 0.454. The standard InChI is InChI=1S/C26H28N2O5S2/c29-26(27-20-14-15-28(17-20)16-19-8-3-1-4-9-19)22-12-7-13-23-25(22)24(18-34(23,30)31)35(32,33)21-10-5-2-6-11-21/h1-13,20,24,30-31H,14-18H2,(H,27,29)/t20-,24?/m1/s1. The number of amides is 1. The molecule has 2 aliphatic rings. The maximum Gasteiger partial charge on any atom is 0.251 e. The van der Waals surface area contributed by atoms with Crippen LogP contribution in [-0.2, 0) is 16.4 Å². The van der Waals surface area contributed by atoms with Crippen LogP contribution >= 0.6 is 10.6 Å². The van der Waals surface area contributed by atoms with E-state index in [1.807, 2.05) is 18.2 Å². The van der Waals surface area contributed by atoms with E-state index in [-0.39, 0.29) is 32.7 Å². The van der Waals surface area contributed by atoms with E-state index in [0.29, 0.717) is 6.54 Å². The molecule has 9 heteroatoms. The summed E-state index contributed by atoms with van der Waals surface area (Å²) in [6.07, 6.45) is 0.786. The number of carbonyl (C=O) groups excluding carboxylic acids is 1. The lowest BCUT2D eigenvalue weighted by atomic mass is 10.0. The Morgan fingerprint density at radius 2 is 1.66 bits per heavy atom. The second-order valence-electron chi connectivity index (χ2n) is 9.08. The maximum absolute atomic E-state index is 13.5. The fraction of sp³-hybridized carbons (Fsp3) is 0.269. The number of fused-ring (bicyclic) bond motifs is 1. The van der Waals surface area contributed by atoms with Crippen LogP contribution in [0.1, 0.15) is 33.2 Å². The Labute approximate surface area is 207 Å². The van der Waals surface area contributed by atoms with E-state index in [1.165, 1.54) is 23.8 Å². The molecule has 3 aromatic rings. The molecule has 3 N–H and O–H groups in total. The van der Waals surface area contributed by atoms with Crippen LogP contribution in [0.25, 0.3) is 0 Å². The molecule has 1 fully saturated rings. The van der Waals surface area contributed by atoms with Gasteiger partial charge in [-0.05, 0) is 36.2 Å². The molecule has 1 unspecified atom stereocenters. The van der Waals surface area contributed by atoms with Crippen molar-refractivity contribution in [3.05, 3.63) is 95.6 Å². The van der Waals surface area contributed by atoms with Crippen molar-refractivity contribution in [1.29, 1.82) is 0 Å². The highest BCUT2D eigenvalue weighted by atomic mass is 32.3. The summed E-state index contributed by atoms with van der Waals surface area (Å²) < 4.78 is 48.4. The van der Waals surface area contributed by atoms with Crippen molar-refractivity contribution in [3.63, 3.8) is 0 Å². The molecule has 0 aromatic heterocycles. The Morgan fingerprint density at radius 1 is 0.971 bits per heavy atom. The Hall–Kier alpha value is -2.69. The molecule has 0 spiro atoms. The van der Waals surface area contributed by atoms with Gasteiger partial charge in [-0.15, -0.1) is 0 Å². The summed E-state index contributed by atoms with van der Waals surface area (Å²) in [6.45, 7) is 2.33. The van der Waals surface area contributed by atoms with Crippen LogP contribution in [0.5, 0.6) is 0 Å². The fourth-order valence-electron chi connectivity index (χ4n) is 4.96. The summed E-state index contributed by atoms with van der Waals surface area (Å²) in [5.41, 5.74) is 1.60. The third-order valence-corrected chi connectivity index (χ3v) is 10.8. The Morgan fingerprint density at radius 3 is 2.37 bits per heavy atom. The number of likely N-dealkylation sites (tertiary alicyclic amines) is 1. The van der Waals surface area contributed by atoms with Gasteiger partial charge in [0.15, 0.2) is 9.84 Å². The molecule has 0 aliphatic carbocycles. The Kier molecular flexibility index (Phi) is 6.45. The molecule has 35 heavy (non-hydrogen) atoms. The molecule has 2 atom stereocenters. The molecule has 0 radical (unpaired) electrons. The van der Waals surface area contributed by atoms with Crippen LogP contribution in [0, 0.1) is 0 Å². The number of sulfone groups is 1. The largest absolute Gasteiger partial charge is 0.348 e. The maximum atomic E-state index is 13.5. The average molecular weight is 513 g/mol. The number of carbonyl (C=O) groups is 1. The third-order valence-electron chi connectivity index (χ3n) is 6.67. The zero-order valence-corrected chi connectivity index (χ0v) is 20.7. The van der Waals surface area contributed by atoms with Crippen molar-refractivity contribution in [2.45, 2.75) is 34.0 Å². The average Bonchev–Trinajstić information content (AvgIpc) is 3.41. The SMILES string of the molecule is O=C(N[C@@H]1CCN(Cc2ccccc2)C1)c1cccc2c1C(S(=O)(=O)c1ccccc1)CS2(O)O. The van der Waals surface area contributed by atoms with E-state index >= 15 is 0 Å². The Bertz CT molecular complexity index is 1330. The highest BCUT2D eigenvalue weighted by Gasteiger charge is 2.45. The van der Waals surface area contributed by atoms with Crippen LogP contribution in [0.15, 0.2) is 88.7 Å². The predicted molar refractivity (Wildman–Crippen MR) is 136 cm³/mol. The highest BCUT2D eigenvalue weighted by Crippen LogP contribution is 2.62. The second-order valence-corrected chi connectivity index (χ2v) is 13.3. The smallest absolute Gasteiger partial charge is 0.251 e. The molecular weight excluding hydrogens is 484 g/mol. The monoisotopic (exact) mass is 512 g/mol. The molecule has 0 bridgehead atoms. The normalized spacial score (nSPS) is 22.5. The van der Waals surface area contributed by atoms with Crippen LogP contribution in [0.4, 0.5) is 0 Å². The second kappa shape index (κ2) is 9.40. The highest BCUT2D eigenvalue weighted by molar-refractivity contribution is 8.25. The summed E-state index contributed by atoms with van der Waals surface area (Å²) in [5.74, 6) is -0.739. The molecule has 5 rings (SSSR count).